The Balaban J connectivity index is 1.38. The number of fused-ring (bicyclic) bond motifs is 1. The molecule has 1 aliphatic heterocycles. The SMILES string of the molecule is CC[C@@H](C[C@H](O)[C@H](CC1CCCCC1)NC(=O)[C@H](Cc1c[nH]cn1)NC(=O)C(CC(=O)N1CCOCC1)Cc1cccc2ccccc12)C(C)C. The summed E-state index contributed by atoms with van der Waals surface area (Å²) >= 11 is 0. The van der Waals surface area contributed by atoms with E-state index in [4.69, 9.17) is 4.74 Å². The van der Waals surface area contributed by atoms with Crippen molar-refractivity contribution in [1.29, 1.82) is 0 Å². The first-order valence-electron chi connectivity index (χ1n) is 19.3. The van der Waals surface area contributed by atoms with Crippen LogP contribution in [0.15, 0.2) is 55.0 Å². The summed E-state index contributed by atoms with van der Waals surface area (Å²) in [6.45, 7) is 8.45. The Morgan fingerprint density at radius 3 is 2.43 bits per heavy atom. The van der Waals surface area contributed by atoms with Crippen molar-refractivity contribution in [3.05, 3.63) is 66.2 Å². The molecule has 0 radical (unpaired) electrons. The monoisotopic (exact) mass is 701 g/mol. The molecule has 4 N–H and O–H groups in total. The lowest BCUT2D eigenvalue weighted by Gasteiger charge is -2.33. The number of carbonyl (C=O) groups excluding carboxylic acids is 3. The summed E-state index contributed by atoms with van der Waals surface area (Å²) < 4.78 is 5.47. The first kappa shape index (κ1) is 38.5. The topological polar surface area (TPSA) is 137 Å². The van der Waals surface area contributed by atoms with E-state index in [9.17, 15) is 19.5 Å². The van der Waals surface area contributed by atoms with Crippen LogP contribution in [0.4, 0.5) is 0 Å². The van der Waals surface area contributed by atoms with Crippen LogP contribution in [0, 0.1) is 23.7 Å². The zero-order valence-corrected chi connectivity index (χ0v) is 30.8. The Hall–Kier alpha value is -3.76. The van der Waals surface area contributed by atoms with Crippen LogP contribution in [0.5, 0.6) is 0 Å². The smallest absolute Gasteiger partial charge is 0.243 e. The molecule has 10 heteroatoms. The molecule has 1 aromatic heterocycles. The second-order valence-electron chi connectivity index (χ2n) is 15.1. The number of rotatable bonds is 17. The number of benzene rings is 2. The normalized spacial score (nSPS) is 18.6. The number of aromatic nitrogens is 2. The van der Waals surface area contributed by atoms with Gasteiger partial charge in [0.25, 0.3) is 0 Å². The molecule has 1 saturated carbocycles. The number of aliphatic hydroxyl groups is 1. The number of ether oxygens (including phenoxy) is 1. The van der Waals surface area contributed by atoms with Gasteiger partial charge in [0.05, 0.1) is 43.3 Å². The van der Waals surface area contributed by atoms with Crippen LogP contribution in [0.2, 0.25) is 0 Å². The minimum atomic E-state index is -0.942. The van der Waals surface area contributed by atoms with E-state index >= 15 is 0 Å². The van der Waals surface area contributed by atoms with Gasteiger partial charge in [0, 0.05) is 32.1 Å². The zero-order chi connectivity index (χ0) is 36.2. The molecule has 2 heterocycles. The number of H-pyrrole nitrogens is 1. The van der Waals surface area contributed by atoms with Crippen LogP contribution >= 0.6 is 0 Å². The minimum absolute atomic E-state index is 0.0163. The highest BCUT2D eigenvalue weighted by molar-refractivity contribution is 5.92. The highest BCUT2D eigenvalue weighted by atomic mass is 16.5. The van der Waals surface area contributed by atoms with E-state index < -0.39 is 24.1 Å². The second-order valence-corrected chi connectivity index (χ2v) is 15.1. The Bertz CT molecular complexity index is 1530. The van der Waals surface area contributed by atoms with Crippen molar-refractivity contribution in [3.8, 4) is 0 Å². The quantitative estimate of drug-likeness (QED) is 0.145. The molecule has 0 spiro atoms. The van der Waals surface area contributed by atoms with Gasteiger partial charge in [-0.2, -0.15) is 0 Å². The maximum absolute atomic E-state index is 14.4. The number of nitrogens with one attached hydrogen (secondary N) is 3. The number of nitrogens with zero attached hydrogens (tertiary/aromatic N) is 2. The van der Waals surface area contributed by atoms with E-state index in [0.717, 1.165) is 35.6 Å². The highest BCUT2D eigenvalue weighted by Gasteiger charge is 2.34. The molecule has 0 bridgehead atoms. The van der Waals surface area contributed by atoms with Crippen molar-refractivity contribution in [3.63, 3.8) is 0 Å². The van der Waals surface area contributed by atoms with Gasteiger partial charge in [0.2, 0.25) is 17.7 Å². The fraction of sp³-hybridized carbons (Fsp3) is 0.610. The van der Waals surface area contributed by atoms with E-state index in [2.05, 4.69) is 41.4 Å². The molecule has 5 atom stereocenters. The fourth-order valence-electron chi connectivity index (χ4n) is 8.02. The minimum Gasteiger partial charge on any atom is -0.391 e. The summed E-state index contributed by atoms with van der Waals surface area (Å²) in [7, 11) is 0. The van der Waals surface area contributed by atoms with Crippen molar-refractivity contribution < 1.29 is 24.2 Å². The van der Waals surface area contributed by atoms with Gasteiger partial charge in [-0.05, 0) is 53.4 Å². The lowest BCUT2D eigenvalue weighted by atomic mass is 9.80. The van der Waals surface area contributed by atoms with Gasteiger partial charge < -0.3 is 30.4 Å². The average Bonchev–Trinajstić information content (AvgIpc) is 3.67. The van der Waals surface area contributed by atoms with Gasteiger partial charge in [-0.15, -0.1) is 0 Å². The molecule has 10 nitrogen and oxygen atoms in total. The van der Waals surface area contributed by atoms with Crippen molar-refractivity contribution in [2.75, 3.05) is 26.3 Å². The number of amides is 3. The molecule has 3 aromatic rings. The lowest BCUT2D eigenvalue weighted by molar-refractivity contribution is -0.140. The molecule has 51 heavy (non-hydrogen) atoms. The molecular formula is C41H59N5O5. The Morgan fingerprint density at radius 2 is 1.73 bits per heavy atom. The van der Waals surface area contributed by atoms with E-state index in [1.807, 2.05) is 42.5 Å². The first-order valence-corrected chi connectivity index (χ1v) is 19.3. The number of hydrogen-bond acceptors (Lipinski definition) is 6. The molecule has 3 amide bonds. The number of morpholine rings is 1. The highest BCUT2D eigenvalue weighted by Crippen LogP contribution is 2.30. The van der Waals surface area contributed by atoms with Crippen LogP contribution in [-0.2, 0) is 32.0 Å². The maximum atomic E-state index is 14.4. The van der Waals surface area contributed by atoms with Gasteiger partial charge in [0.1, 0.15) is 6.04 Å². The molecule has 2 fully saturated rings. The summed E-state index contributed by atoms with van der Waals surface area (Å²) in [6, 6.07) is 12.7. The van der Waals surface area contributed by atoms with Gasteiger partial charge >= 0.3 is 0 Å². The molecule has 2 aromatic carbocycles. The van der Waals surface area contributed by atoms with E-state index in [1.165, 1.54) is 19.3 Å². The molecule has 1 aliphatic carbocycles. The Morgan fingerprint density at radius 1 is 0.980 bits per heavy atom. The van der Waals surface area contributed by atoms with Gasteiger partial charge in [-0.25, -0.2) is 4.98 Å². The standard InChI is InChI=1S/C41H59N5O5/c1-4-30(28(2)3)23-38(47)36(21-29-11-6-5-7-12-29)44-41(50)37(25-34-26-42-27-43-34)45-40(49)33(24-39(48)46-17-19-51-20-18-46)22-32-15-10-14-31-13-8-9-16-35(31)32/h8-10,13-16,26-30,33,36-38,47H,4-7,11-12,17-25H2,1-3H3,(H,42,43)(H,44,50)(H,45,49)/t30-,33?,36-,37-,38-/m0/s1. The predicted molar refractivity (Wildman–Crippen MR) is 200 cm³/mol. The van der Waals surface area contributed by atoms with Crippen molar-refractivity contribution in [2.24, 2.45) is 23.7 Å². The van der Waals surface area contributed by atoms with Crippen molar-refractivity contribution in [2.45, 2.75) is 110 Å². The number of aromatic amines is 1. The molecule has 1 saturated heterocycles. The predicted octanol–water partition coefficient (Wildman–Crippen LogP) is 5.59. The second kappa shape index (κ2) is 19.2. The molecule has 278 valence electrons. The third kappa shape index (κ3) is 11.1. The number of carbonyl (C=O) groups is 3. The summed E-state index contributed by atoms with van der Waals surface area (Å²) in [5, 5.41) is 20.0. The van der Waals surface area contributed by atoms with Crippen LogP contribution in [0.3, 0.4) is 0 Å². The lowest BCUT2D eigenvalue weighted by Crippen LogP contribution is -2.55. The number of aliphatic hydroxyl groups excluding tert-OH is 1. The van der Waals surface area contributed by atoms with Gasteiger partial charge in [-0.1, -0.05) is 102 Å². The van der Waals surface area contributed by atoms with Crippen molar-refractivity contribution >= 4 is 28.5 Å². The molecular weight excluding hydrogens is 642 g/mol. The Kier molecular flexibility index (Phi) is 14.5. The van der Waals surface area contributed by atoms with Crippen LogP contribution in [-0.4, -0.2) is 82.2 Å². The summed E-state index contributed by atoms with van der Waals surface area (Å²) in [5.41, 5.74) is 1.61. The summed E-state index contributed by atoms with van der Waals surface area (Å²) in [5.74, 6) is -0.305. The van der Waals surface area contributed by atoms with E-state index in [-0.39, 0.29) is 30.6 Å². The maximum Gasteiger partial charge on any atom is 0.243 e. The zero-order valence-electron chi connectivity index (χ0n) is 30.8. The van der Waals surface area contributed by atoms with E-state index in [0.29, 0.717) is 69.0 Å². The molecule has 1 unspecified atom stereocenters. The number of hydrogen-bond donors (Lipinski definition) is 4. The molecule has 2 aliphatic rings. The van der Waals surface area contributed by atoms with Crippen LogP contribution in [0.1, 0.15) is 89.8 Å². The van der Waals surface area contributed by atoms with Gasteiger partial charge in [0.15, 0.2) is 0 Å². The first-order chi connectivity index (χ1) is 24.7. The van der Waals surface area contributed by atoms with E-state index in [1.54, 1.807) is 17.4 Å². The largest absolute Gasteiger partial charge is 0.391 e. The summed E-state index contributed by atoms with van der Waals surface area (Å²) in [6.07, 6.45) is 11.2. The third-order valence-electron chi connectivity index (χ3n) is 11.2. The summed E-state index contributed by atoms with van der Waals surface area (Å²) in [4.78, 5) is 51.4. The molecule has 5 rings (SSSR count). The van der Waals surface area contributed by atoms with Crippen LogP contribution in [0.25, 0.3) is 10.8 Å². The van der Waals surface area contributed by atoms with Gasteiger partial charge in [-0.3, -0.25) is 14.4 Å². The van der Waals surface area contributed by atoms with Crippen molar-refractivity contribution in [1.82, 2.24) is 25.5 Å². The third-order valence-corrected chi connectivity index (χ3v) is 11.2. The average molecular weight is 702 g/mol. The Labute approximate surface area is 303 Å². The fourth-order valence-corrected chi connectivity index (χ4v) is 8.02. The van der Waals surface area contributed by atoms with Crippen LogP contribution < -0.4 is 10.6 Å². The number of imidazole rings is 1.